The maximum absolute atomic E-state index is 14.3. The van der Waals surface area contributed by atoms with Crippen molar-refractivity contribution < 1.29 is 18.7 Å². The number of amides is 3. The fraction of sp³-hybridized carbons (Fsp3) is 0.562. The summed E-state index contributed by atoms with van der Waals surface area (Å²) in [6, 6.07) is 1.17. The Morgan fingerprint density at radius 1 is 1.36 bits per heavy atom. The van der Waals surface area contributed by atoms with E-state index in [4.69, 9.17) is 4.74 Å². The van der Waals surface area contributed by atoms with Crippen molar-refractivity contribution in [3.05, 3.63) is 23.6 Å². The average molecular weight is 351 g/mol. The lowest BCUT2D eigenvalue weighted by Crippen LogP contribution is -2.62. The highest BCUT2D eigenvalue weighted by atomic mass is 19.1. The smallest absolute Gasteiger partial charge is 0.317 e. The topological polar surface area (TPSA) is 86.8 Å². The summed E-state index contributed by atoms with van der Waals surface area (Å²) in [5.74, 6) is -0.186. The molecule has 2 saturated heterocycles. The van der Waals surface area contributed by atoms with Gasteiger partial charge in [-0.1, -0.05) is 0 Å². The van der Waals surface area contributed by atoms with Crippen molar-refractivity contribution in [2.24, 2.45) is 0 Å². The summed E-state index contributed by atoms with van der Waals surface area (Å²) in [6.07, 6.45) is 1.57. The molecule has 0 atom stereocenters. The summed E-state index contributed by atoms with van der Waals surface area (Å²) in [4.78, 5) is 30.5. The van der Waals surface area contributed by atoms with E-state index in [1.807, 2.05) is 4.90 Å². The molecule has 2 aliphatic rings. The first-order valence-corrected chi connectivity index (χ1v) is 8.30. The molecule has 25 heavy (non-hydrogen) atoms. The van der Waals surface area contributed by atoms with Gasteiger partial charge in [0, 0.05) is 45.8 Å². The predicted molar refractivity (Wildman–Crippen MR) is 88.6 cm³/mol. The molecule has 2 aliphatic heterocycles. The second-order valence-electron chi connectivity index (χ2n) is 6.21. The maximum Gasteiger partial charge on any atom is 0.317 e. The van der Waals surface area contributed by atoms with Gasteiger partial charge in [-0.15, -0.1) is 0 Å². The fourth-order valence-corrected chi connectivity index (χ4v) is 2.89. The van der Waals surface area contributed by atoms with Crippen LogP contribution in [0.4, 0.5) is 15.0 Å². The minimum atomic E-state index is -0.400. The van der Waals surface area contributed by atoms with Crippen LogP contribution in [0.25, 0.3) is 0 Å². The van der Waals surface area contributed by atoms with Crippen LogP contribution in [-0.2, 0) is 16.1 Å². The van der Waals surface area contributed by atoms with Crippen molar-refractivity contribution in [1.82, 2.24) is 20.5 Å². The minimum absolute atomic E-state index is 0.00941. The van der Waals surface area contributed by atoms with Crippen molar-refractivity contribution in [2.45, 2.75) is 19.5 Å². The van der Waals surface area contributed by atoms with Crippen LogP contribution in [0, 0.1) is 5.82 Å². The van der Waals surface area contributed by atoms with Crippen LogP contribution in [0.2, 0.25) is 0 Å². The molecule has 0 unspecified atom stereocenters. The van der Waals surface area contributed by atoms with Gasteiger partial charge in [-0.25, -0.2) is 14.2 Å². The Bertz CT molecular complexity index is 645. The van der Waals surface area contributed by atoms with Crippen molar-refractivity contribution in [3.8, 4) is 0 Å². The molecule has 3 rings (SSSR count). The number of carbonyl (C=O) groups excluding carboxylic acids is 2. The molecule has 0 bridgehead atoms. The molecule has 9 heteroatoms. The Hall–Kier alpha value is -2.42. The van der Waals surface area contributed by atoms with Crippen molar-refractivity contribution >= 4 is 17.8 Å². The number of anilines is 1. The van der Waals surface area contributed by atoms with E-state index >= 15 is 0 Å². The molecule has 3 amide bonds. The normalized spacial score (nSPS) is 17.8. The lowest BCUT2D eigenvalue weighted by atomic mass is 10.1. The third kappa shape index (κ3) is 4.36. The van der Waals surface area contributed by atoms with E-state index in [9.17, 15) is 14.0 Å². The second-order valence-corrected chi connectivity index (χ2v) is 6.21. The number of likely N-dealkylation sites (tertiary alicyclic amines) is 1. The lowest BCUT2D eigenvalue weighted by Gasteiger charge is -2.39. The summed E-state index contributed by atoms with van der Waals surface area (Å²) in [5, 5.41) is 5.48. The summed E-state index contributed by atoms with van der Waals surface area (Å²) in [5.41, 5.74) is 0.599. The molecule has 0 aliphatic carbocycles. The maximum atomic E-state index is 14.3. The van der Waals surface area contributed by atoms with Gasteiger partial charge in [0.05, 0.1) is 19.3 Å². The van der Waals surface area contributed by atoms with Crippen molar-refractivity contribution in [1.29, 1.82) is 0 Å². The zero-order valence-electron chi connectivity index (χ0n) is 14.1. The van der Waals surface area contributed by atoms with Crippen LogP contribution < -0.4 is 15.5 Å². The monoisotopic (exact) mass is 351 g/mol. The second kappa shape index (κ2) is 7.64. The molecule has 2 N–H and O–H groups in total. The van der Waals surface area contributed by atoms with Gasteiger partial charge in [0.2, 0.25) is 5.91 Å². The molecule has 136 valence electrons. The number of rotatable bonds is 4. The Kier molecular flexibility index (Phi) is 5.32. The van der Waals surface area contributed by atoms with E-state index in [1.54, 1.807) is 11.1 Å². The minimum Gasteiger partial charge on any atom is -0.378 e. The van der Waals surface area contributed by atoms with Gasteiger partial charge in [0.25, 0.3) is 0 Å². The van der Waals surface area contributed by atoms with Gasteiger partial charge in [-0.05, 0) is 11.6 Å². The van der Waals surface area contributed by atoms with Gasteiger partial charge in [0.1, 0.15) is 0 Å². The largest absolute Gasteiger partial charge is 0.378 e. The molecule has 2 fully saturated rings. The quantitative estimate of drug-likeness (QED) is 0.803. The van der Waals surface area contributed by atoms with Crippen LogP contribution in [0.1, 0.15) is 12.5 Å². The number of morpholine rings is 1. The number of aromatic nitrogens is 1. The number of nitrogens with one attached hydrogen (secondary N) is 2. The first kappa shape index (κ1) is 17.4. The highest BCUT2D eigenvalue weighted by Gasteiger charge is 2.30. The van der Waals surface area contributed by atoms with Crippen LogP contribution >= 0.6 is 0 Å². The molecule has 8 nitrogen and oxygen atoms in total. The Morgan fingerprint density at radius 2 is 2.08 bits per heavy atom. The van der Waals surface area contributed by atoms with Crippen LogP contribution in [0.5, 0.6) is 0 Å². The van der Waals surface area contributed by atoms with Gasteiger partial charge in [-0.2, -0.15) is 0 Å². The van der Waals surface area contributed by atoms with Gasteiger partial charge in [0.15, 0.2) is 11.6 Å². The number of urea groups is 1. The first-order valence-electron chi connectivity index (χ1n) is 8.30. The molecule has 1 aromatic heterocycles. The van der Waals surface area contributed by atoms with Crippen molar-refractivity contribution in [3.63, 3.8) is 0 Å². The standard InChI is InChI=1S/C16H22FN5O3/c1-11(23)20-13-9-22(10-13)16(24)19-8-12-6-14(17)15(18-7-12)21-2-4-25-5-3-21/h6-7,13H,2-5,8-10H2,1H3,(H,19,24)(H,20,23). The fourth-order valence-electron chi connectivity index (χ4n) is 2.89. The number of nitrogens with zero attached hydrogens (tertiary/aromatic N) is 3. The van der Waals surface area contributed by atoms with E-state index in [-0.39, 0.29) is 24.5 Å². The number of hydrogen-bond donors (Lipinski definition) is 2. The zero-order chi connectivity index (χ0) is 17.8. The number of pyridine rings is 1. The molecule has 1 aromatic rings. The number of hydrogen-bond acceptors (Lipinski definition) is 5. The predicted octanol–water partition coefficient (Wildman–Crippen LogP) is 0.0872. The SMILES string of the molecule is CC(=O)NC1CN(C(=O)NCc2cnc(N3CCOCC3)c(F)c2)C1. The highest BCUT2D eigenvalue weighted by molar-refractivity contribution is 5.77. The number of halogens is 1. The van der Waals surface area contributed by atoms with E-state index in [2.05, 4.69) is 15.6 Å². The first-order chi connectivity index (χ1) is 12.0. The number of ether oxygens (including phenoxy) is 1. The summed E-state index contributed by atoms with van der Waals surface area (Å²) in [7, 11) is 0. The van der Waals surface area contributed by atoms with Crippen LogP contribution in [-0.4, -0.2) is 67.3 Å². The zero-order valence-corrected chi connectivity index (χ0v) is 14.1. The summed E-state index contributed by atoms with van der Waals surface area (Å²) >= 11 is 0. The Labute approximate surface area is 145 Å². The van der Waals surface area contributed by atoms with Gasteiger partial charge in [-0.3, -0.25) is 4.79 Å². The lowest BCUT2D eigenvalue weighted by molar-refractivity contribution is -0.120. The third-order valence-electron chi connectivity index (χ3n) is 4.21. The summed E-state index contributed by atoms with van der Waals surface area (Å²) < 4.78 is 19.5. The van der Waals surface area contributed by atoms with E-state index in [1.165, 1.54) is 13.0 Å². The highest BCUT2D eigenvalue weighted by Crippen LogP contribution is 2.18. The molecule has 0 spiro atoms. The molecular formula is C16H22FN5O3. The molecule has 3 heterocycles. The molecule has 0 radical (unpaired) electrons. The number of carbonyl (C=O) groups is 2. The molecular weight excluding hydrogens is 329 g/mol. The third-order valence-corrected chi connectivity index (χ3v) is 4.21. The van der Waals surface area contributed by atoms with E-state index in [0.29, 0.717) is 50.8 Å². The van der Waals surface area contributed by atoms with Gasteiger partial charge < -0.3 is 25.2 Å². The van der Waals surface area contributed by atoms with Crippen LogP contribution in [0.3, 0.4) is 0 Å². The molecule has 0 saturated carbocycles. The molecule has 0 aromatic carbocycles. The van der Waals surface area contributed by atoms with E-state index in [0.717, 1.165) is 0 Å². The Balaban J connectivity index is 1.48. The average Bonchev–Trinajstić information content (AvgIpc) is 2.56. The summed E-state index contributed by atoms with van der Waals surface area (Å²) in [6.45, 7) is 4.97. The van der Waals surface area contributed by atoms with Gasteiger partial charge >= 0.3 is 6.03 Å². The van der Waals surface area contributed by atoms with Crippen LogP contribution in [0.15, 0.2) is 12.3 Å². The van der Waals surface area contributed by atoms with Crippen molar-refractivity contribution in [2.75, 3.05) is 44.3 Å². The van der Waals surface area contributed by atoms with E-state index < -0.39 is 5.82 Å². The Morgan fingerprint density at radius 3 is 2.72 bits per heavy atom.